The van der Waals surface area contributed by atoms with E-state index in [1.807, 2.05) is 18.2 Å². The molecule has 150 valence electrons. The summed E-state index contributed by atoms with van der Waals surface area (Å²) in [7, 11) is -0.390. The van der Waals surface area contributed by atoms with Crippen LogP contribution in [-0.2, 0) is 25.4 Å². The summed E-state index contributed by atoms with van der Waals surface area (Å²) in [5, 5.41) is 8.94. The van der Waals surface area contributed by atoms with Gasteiger partial charge in [0.05, 0.1) is 18.2 Å². The van der Waals surface area contributed by atoms with Gasteiger partial charge in [-0.2, -0.15) is 5.26 Å². The van der Waals surface area contributed by atoms with E-state index in [4.69, 9.17) is 28.8 Å². The second-order valence-electron chi connectivity index (χ2n) is 7.13. The highest BCUT2D eigenvalue weighted by Crippen LogP contribution is 2.24. The highest BCUT2D eigenvalue weighted by molar-refractivity contribution is 6.62. The third-order valence-electron chi connectivity index (χ3n) is 4.98. The largest absolute Gasteiger partial charge is 0.494 e. The molecule has 0 spiro atoms. The van der Waals surface area contributed by atoms with Gasteiger partial charge in [0.1, 0.15) is 11.5 Å². The van der Waals surface area contributed by atoms with Gasteiger partial charge in [-0.3, -0.25) is 0 Å². The van der Waals surface area contributed by atoms with Gasteiger partial charge in [-0.05, 0) is 73.1 Å². The van der Waals surface area contributed by atoms with Crippen LogP contribution in [0.1, 0.15) is 36.8 Å². The zero-order valence-corrected chi connectivity index (χ0v) is 16.3. The minimum atomic E-state index is -0.390. The number of hydrogen-bond donors (Lipinski definition) is 0. The normalized spacial score (nSPS) is 19.6. The van der Waals surface area contributed by atoms with E-state index in [2.05, 4.69) is 6.07 Å². The Morgan fingerprint density at radius 1 is 0.966 bits per heavy atom. The van der Waals surface area contributed by atoms with Crippen molar-refractivity contribution in [1.82, 2.24) is 0 Å². The fraction of sp³-hybridized carbons (Fsp3) is 0.409. The lowest BCUT2D eigenvalue weighted by Gasteiger charge is -2.25. The third-order valence-corrected chi connectivity index (χ3v) is 4.98. The molecule has 2 heterocycles. The Morgan fingerprint density at radius 2 is 1.76 bits per heavy atom. The van der Waals surface area contributed by atoms with Crippen LogP contribution in [0, 0.1) is 11.3 Å². The Morgan fingerprint density at radius 3 is 2.48 bits per heavy atom. The molecule has 0 amide bonds. The average molecular weight is 393 g/mol. The number of nitriles is 1. The van der Waals surface area contributed by atoms with Gasteiger partial charge in [0, 0.05) is 19.8 Å². The lowest BCUT2D eigenvalue weighted by molar-refractivity contribution is -0.168. The van der Waals surface area contributed by atoms with Crippen LogP contribution in [0.5, 0.6) is 11.5 Å². The Kier molecular flexibility index (Phi) is 6.81. The highest BCUT2D eigenvalue weighted by atomic mass is 16.7. The summed E-state index contributed by atoms with van der Waals surface area (Å²) in [6.45, 7) is 2.50. The number of hydrogen-bond acceptors (Lipinski definition) is 6. The molecule has 4 rings (SSSR count). The molecule has 0 aliphatic carbocycles. The molecule has 29 heavy (non-hydrogen) atoms. The highest BCUT2D eigenvalue weighted by Gasteiger charge is 2.28. The Hall–Kier alpha value is -2.37. The molecule has 2 aromatic rings. The van der Waals surface area contributed by atoms with Crippen molar-refractivity contribution in [1.29, 1.82) is 5.26 Å². The molecular weight excluding hydrogens is 369 g/mol. The summed E-state index contributed by atoms with van der Waals surface area (Å²) in [4.78, 5) is 0. The number of rotatable bonds is 6. The van der Waals surface area contributed by atoms with Gasteiger partial charge in [-0.15, -0.1) is 0 Å². The lowest BCUT2D eigenvalue weighted by Crippen LogP contribution is -2.43. The van der Waals surface area contributed by atoms with Crippen LogP contribution in [0.3, 0.4) is 0 Å². The Bertz CT molecular complexity index is 839. The van der Waals surface area contributed by atoms with Crippen molar-refractivity contribution in [3.05, 3.63) is 53.6 Å². The van der Waals surface area contributed by atoms with E-state index < -0.39 is 7.12 Å². The van der Waals surface area contributed by atoms with Crippen molar-refractivity contribution < 1.29 is 23.5 Å². The molecule has 2 aromatic carbocycles. The Balaban J connectivity index is 1.51. The first-order valence-corrected chi connectivity index (χ1v) is 10.1. The molecule has 2 saturated heterocycles. The fourth-order valence-electron chi connectivity index (χ4n) is 3.43. The molecule has 2 aliphatic heterocycles. The predicted molar refractivity (Wildman–Crippen MR) is 108 cm³/mol. The van der Waals surface area contributed by atoms with E-state index in [0.717, 1.165) is 43.3 Å². The van der Waals surface area contributed by atoms with Crippen LogP contribution < -0.4 is 10.2 Å². The van der Waals surface area contributed by atoms with E-state index in [9.17, 15) is 0 Å². The second kappa shape index (κ2) is 9.90. The zero-order chi connectivity index (χ0) is 19.9. The van der Waals surface area contributed by atoms with Crippen molar-refractivity contribution in [2.75, 3.05) is 19.8 Å². The van der Waals surface area contributed by atoms with Crippen molar-refractivity contribution in [2.45, 2.75) is 38.6 Å². The van der Waals surface area contributed by atoms with Crippen LogP contribution in [0.15, 0.2) is 42.5 Å². The topological polar surface area (TPSA) is 69.9 Å². The van der Waals surface area contributed by atoms with Gasteiger partial charge in [0.25, 0.3) is 0 Å². The van der Waals surface area contributed by atoms with Gasteiger partial charge in [0.2, 0.25) is 0 Å². The monoisotopic (exact) mass is 393 g/mol. The summed E-state index contributed by atoms with van der Waals surface area (Å²) in [5.41, 5.74) is 2.51. The van der Waals surface area contributed by atoms with Crippen molar-refractivity contribution in [2.24, 2.45) is 0 Å². The number of benzene rings is 2. The maximum atomic E-state index is 8.94. The van der Waals surface area contributed by atoms with E-state index in [0.29, 0.717) is 36.9 Å². The van der Waals surface area contributed by atoms with Gasteiger partial charge >= 0.3 is 7.12 Å². The van der Waals surface area contributed by atoms with E-state index >= 15 is 0 Å². The van der Waals surface area contributed by atoms with Crippen LogP contribution >= 0.6 is 0 Å². The average Bonchev–Trinajstić information content (AvgIpc) is 2.79. The minimum absolute atomic E-state index is 0.173. The standard InChI is InChI=1S/C22H24BNO5/c24-15-17-5-7-19(8-6-17)29-20-9-10-21(23-27-12-3-13-28-23)18(14-20)16-26-22-4-1-2-11-25-22/h5-10,14,22H,1-4,11-13,16H2. The fourth-order valence-corrected chi connectivity index (χ4v) is 3.43. The molecule has 0 saturated carbocycles. The molecule has 1 unspecified atom stereocenters. The molecule has 2 fully saturated rings. The maximum Gasteiger partial charge on any atom is 0.494 e. The molecule has 0 aromatic heterocycles. The number of nitrogens with zero attached hydrogens (tertiary/aromatic N) is 1. The van der Waals surface area contributed by atoms with E-state index in [1.54, 1.807) is 24.3 Å². The molecule has 0 bridgehead atoms. The van der Waals surface area contributed by atoms with Gasteiger partial charge in [-0.25, -0.2) is 0 Å². The molecule has 7 heteroatoms. The van der Waals surface area contributed by atoms with E-state index in [1.165, 1.54) is 0 Å². The van der Waals surface area contributed by atoms with Crippen molar-refractivity contribution in [3.63, 3.8) is 0 Å². The zero-order valence-electron chi connectivity index (χ0n) is 16.3. The molecule has 0 radical (unpaired) electrons. The molecule has 1 atom stereocenters. The Labute approximate surface area is 171 Å². The smallest absolute Gasteiger partial charge is 0.457 e. The number of ether oxygens (including phenoxy) is 3. The van der Waals surface area contributed by atoms with Crippen LogP contribution in [0.25, 0.3) is 0 Å². The predicted octanol–water partition coefficient (Wildman–Crippen LogP) is 3.53. The summed E-state index contributed by atoms with van der Waals surface area (Å²) in [6.07, 6.45) is 3.84. The quantitative estimate of drug-likeness (QED) is 0.700. The molecular formula is C22H24BNO5. The van der Waals surface area contributed by atoms with Crippen LogP contribution in [-0.4, -0.2) is 33.2 Å². The van der Waals surface area contributed by atoms with Gasteiger partial charge < -0.3 is 23.5 Å². The molecule has 0 N–H and O–H groups in total. The first kappa shape index (κ1) is 19.9. The van der Waals surface area contributed by atoms with Gasteiger partial charge in [-0.1, -0.05) is 6.07 Å². The summed E-state index contributed by atoms with van der Waals surface area (Å²) in [6, 6.07) is 15.0. The van der Waals surface area contributed by atoms with Crippen LogP contribution in [0.4, 0.5) is 0 Å². The summed E-state index contributed by atoms with van der Waals surface area (Å²) in [5.74, 6) is 1.36. The maximum absolute atomic E-state index is 8.94. The SMILES string of the molecule is N#Cc1ccc(Oc2ccc(B3OCCCO3)c(COC3CCCCO3)c2)cc1. The van der Waals surface area contributed by atoms with E-state index in [-0.39, 0.29) is 6.29 Å². The second-order valence-corrected chi connectivity index (χ2v) is 7.13. The van der Waals surface area contributed by atoms with Crippen molar-refractivity contribution >= 4 is 12.6 Å². The molecule has 2 aliphatic rings. The first-order chi connectivity index (χ1) is 14.3. The molecule has 6 nitrogen and oxygen atoms in total. The minimum Gasteiger partial charge on any atom is -0.457 e. The van der Waals surface area contributed by atoms with Gasteiger partial charge in [0.15, 0.2) is 6.29 Å². The summed E-state index contributed by atoms with van der Waals surface area (Å²) < 4.78 is 29.3. The third kappa shape index (κ3) is 5.37. The summed E-state index contributed by atoms with van der Waals surface area (Å²) >= 11 is 0. The first-order valence-electron chi connectivity index (χ1n) is 10.1. The van der Waals surface area contributed by atoms with Crippen molar-refractivity contribution in [3.8, 4) is 17.6 Å². The lowest BCUT2D eigenvalue weighted by atomic mass is 9.75. The van der Waals surface area contributed by atoms with Crippen LogP contribution in [0.2, 0.25) is 0 Å².